The van der Waals surface area contributed by atoms with Crippen molar-refractivity contribution in [2.45, 2.75) is 12.1 Å². The van der Waals surface area contributed by atoms with Gasteiger partial charge in [-0.2, -0.15) is 5.10 Å². The molecule has 2 aliphatic heterocycles. The summed E-state index contributed by atoms with van der Waals surface area (Å²) >= 11 is 0. The Morgan fingerprint density at radius 3 is 1.93 bits per heavy atom. The first-order valence-corrected chi connectivity index (χ1v) is 8.94. The lowest BCUT2D eigenvalue weighted by molar-refractivity contribution is 0.319. The summed E-state index contributed by atoms with van der Waals surface area (Å²) in [5.41, 5.74) is 3.68. The number of H-pyrrole nitrogens is 1. The van der Waals surface area contributed by atoms with Gasteiger partial charge in [0.15, 0.2) is 0 Å². The van der Waals surface area contributed by atoms with Crippen molar-refractivity contribution < 1.29 is 9.47 Å². The first-order valence-electron chi connectivity index (χ1n) is 8.94. The Kier molecular flexibility index (Phi) is 3.93. The highest BCUT2D eigenvalue weighted by Crippen LogP contribution is 2.26. The molecule has 2 atom stereocenters. The van der Waals surface area contributed by atoms with Crippen LogP contribution in [0.3, 0.4) is 0 Å². The largest absolute Gasteiger partial charge is 0.474 e. The Bertz CT molecular complexity index is 915. The van der Waals surface area contributed by atoms with Crippen LogP contribution in [0.2, 0.25) is 0 Å². The molecule has 3 aromatic rings. The molecule has 2 aromatic carbocycles. The topological polar surface area (TPSA) is 71.9 Å². The van der Waals surface area contributed by atoms with E-state index in [9.17, 15) is 0 Å². The number of ether oxygens (including phenoxy) is 2. The number of nitrogens with one attached hydrogen (secondary N) is 1. The zero-order valence-corrected chi connectivity index (χ0v) is 14.6. The first kappa shape index (κ1) is 15.8. The third-order valence-electron chi connectivity index (χ3n) is 4.70. The molecular formula is C21H18N4O2. The van der Waals surface area contributed by atoms with Crippen LogP contribution in [0.15, 0.2) is 76.7 Å². The van der Waals surface area contributed by atoms with Crippen LogP contribution >= 0.6 is 0 Å². The van der Waals surface area contributed by atoms with Gasteiger partial charge in [0.1, 0.15) is 36.7 Å². The van der Waals surface area contributed by atoms with Gasteiger partial charge < -0.3 is 9.47 Å². The quantitative estimate of drug-likeness (QED) is 0.776. The zero-order chi connectivity index (χ0) is 18.1. The average molecular weight is 358 g/mol. The Labute approximate surface area is 156 Å². The SMILES string of the molecule is c1ccc([C@@H]2COC(c3cc(C4=N[C@H](c5ccccc5)CO4)[nH]n3)=N2)cc1. The molecule has 0 aliphatic carbocycles. The van der Waals surface area contributed by atoms with E-state index in [1.54, 1.807) is 0 Å². The molecule has 5 rings (SSSR count). The predicted molar refractivity (Wildman–Crippen MR) is 102 cm³/mol. The molecule has 0 amide bonds. The molecule has 0 spiro atoms. The van der Waals surface area contributed by atoms with E-state index in [1.807, 2.05) is 42.5 Å². The van der Waals surface area contributed by atoms with Gasteiger partial charge in [-0.3, -0.25) is 5.10 Å². The maximum Gasteiger partial charge on any atom is 0.238 e. The Morgan fingerprint density at radius 2 is 1.30 bits per heavy atom. The van der Waals surface area contributed by atoms with Crippen LogP contribution in [0.1, 0.15) is 34.6 Å². The van der Waals surface area contributed by atoms with Crippen LogP contribution in [-0.4, -0.2) is 35.2 Å². The van der Waals surface area contributed by atoms with E-state index < -0.39 is 0 Å². The van der Waals surface area contributed by atoms with Gasteiger partial charge in [-0.1, -0.05) is 60.7 Å². The monoisotopic (exact) mass is 358 g/mol. The van der Waals surface area contributed by atoms with Crippen LogP contribution in [0.4, 0.5) is 0 Å². The molecule has 134 valence electrons. The summed E-state index contributed by atoms with van der Waals surface area (Å²) in [7, 11) is 0. The second-order valence-electron chi connectivity index (χ2n) is 6.51. The summed E-state index contributed by atoms with van der Waals surface area (Å²) in [6.07, 6.45) is 0. The number of benzene rings is 2. The fourth-order valence-corrected chi connectivity index (χ4v) is 3.27. The lowest BCUT2D eigenvalue weighted by Crippen LogP contribution is -2.02. The molecule has 0 saturated carbocycles. The van der Waals surface area contributed by atoms with Crippen molar-refractivity contribution in [2.24, 2.45) is 9.98 Å². The summed E-state index contributed by atoms with van der Waals surface area (Å²) in [6.45, 7) is 1.05. The van der Waals surface area contributed by atoms with E-state index in [0.717, 1.165) is 16.8 Å². The molecule has 2 aliphatic rings. The normalized spacial score (nSPS) is 21.3. The molecule has 0 saturated heterocycles. The van der Waals surface area contributed by atoms with Gasteiger partial charge in [0, 0.05) is 6.07 Å². The standard InChI is InChI=1S/C21H18N4O2/c1-3-7-14(8-4-1)18-12-26-20(22-18)16-11-17(25-24-16)21-23-19(13-27-21)15-9-5-2-6-10-15/h1-11,18-19H,12-13H2,(H,24,25)/t18-,19-/m0/s1. The second kappa shape index (κ2) is 6.72. The maximum absolute atomic E-state index is 5.77. The van der Waals surface area contributed by atoms with Crippen molar-refractivity contribution in [1.82, 2.24) is 10.2 Å². The van der Waals surface area contributed by atoms with Gasteiger partial charge in [-0.25, -0.2) is 9.98 Å². The van der Waals surface area contributed by atoms with Crippen molar-refractivity contribution in [1.29, 1.82) is 0 Å². The van der Waals surface area contributed by atoms with Crippen LogP contribution < -0.4 is 0 Å². The number of nitrogens with zero attached hydrogens (tertiary/aromatic N) is 3. The number of aromatic nitrogens is 2. The molecule has 3 heterocycles. The molecule has 1 N–H and O–H groups in total. The molecule has 1 aromatic heterocycles. The summed E-state index contributed by atoms with van der Waals surface area (Å²) < 4.78 is 11.5. The molecule has 6 nitrogen and oxygen atoms in total. The molecule has 6 heteroatoms. The van der Waals surface area contributed by atoms with Crippen molar-refractivity contribution in [3.63, 3.8) is 0 Å². The molecule has 0 bridgehead atoms. The van der Waals surface area contributed by atoms with Gasteiger partial charge in [0.05, 0.1) is 0 Å². The first-order chi connectivity index (χ1) is 13.4. The highest BCUT2D eigenvalue weighted by molar-refractivity contribution is 5.98. The van der Waals surface area contributed by atoms with E-state index in [0.29, 0.717) is 30.7 Å². The lowest BCUT2D eigenvalue weighted by Gasteiger charge is -2.03. The lowest BCUT2D eigenvalue weighted by atomic mass is 10.1. The van der Waals surface area contributed by atoms with Crippen molar-refractivity contribution in [2.75, 3.05) is 13.2 Å². The van der Waals surface area contributed by atoms with E-state index in [-0.39, 0.29) is 12.1 Å². The number of hydrogen-bond acceptors (Lipinski definition) is 5. The van der Waals surface area contributed by atoms with Gasteiger partial charge in [-0.15, -0.1) is 0 Å². The number of hydrogen-bond donors (Lipinski definition) is 1. The summed E-state index contributed by atoms with van der Waals surface area (Å²) in [6, 6.07) is 22.1. The van der Waals surface area contributed by atoms with Gasteiger partial charge in [-0.05, 0) is 11.1 Å². The summed E-state index contributed by atoms with van der Waals surface area (Å²) in [4.78, 5) is 9.34. The fraction of sp³-hybridized carbons (Fsp3) is 0.190. The summed E-state index contributed by atoms with van der Waals surface area (Å²) in [5, 5.41) is 7.31. The van der Waals surface area contributed by atoms with Crippen LogP contribution in [0.5, 0.6) is 0 Å². The predicted octanol–water partition coefficient (Wildman–Crippen LogP) is 3.45. The molecular weight excluding hydrogens is 340 g/mol. The third-order valence-corrected chi connectivity index (χ3v) is 4.70. The fourth-order valence-electron chi connectivity index (χ4n) is 3.27. The van der Waals surface area contributed by atoms with Crippen molar-refractivity contribution >= 4 is 11.8 Å². The molecule has 0 fully saturated rings. The highest BCUT2D eigenvalue weighted by atomic mass is 16.5. The Morgan fingerprint density at radius 1 is 0.741 bits per heavy atom. The van der Waals surface area contributed by atoms with E-state index in [4.69, 9.17) is 9.47 Å². The van der Waals surface area contributed by atoms with E-state index >= 15 is 0 Å². The van der Waals surface area contributed by atoms with Gasteiger partial charge >= 0.3 is 0 Å². The zero-order valence-electron chi connectivity index (χ0n) is 14.6. The minimum atomic E-state index is 0.00359. The molecule has 0 radical (unpaired) electrons. The van der Waals surface area contributed by atoms with Crippen LogP contribution in [0.25, 0.3) is 0 Å². The Hall–Kier alpha value is -3.41. The smallest absolute Gasteiger partial charge is 0.238 e. The maximum atomic E-state index is 5.77. The van der Waals surface area contributed by atoms with Crippen molar-refractivity contribution in [3.05, 3.63) is 89.2 Å². The minimum Gasteiger partial charge on any atom is -0.474 e. The summed E-state index contributed by atoms with van der Waals surface area (Å²) in [5.74, 6) is 1.12. The minimum absolute atomic E-state index is 0.00359. The van der Waals surface area contributed by atoms with E-state index in [1.165, 1.54) is 0 Å². The van der Waals surface area contributed by atoms with E-state index in [2.05, 4.69) is 44.4 Å². The average Bonchev–Trinajstić information content (AvgIpc) is 3.49. The highest BCUT2D eigenvalue weighted by Gasteiger charge is 2.26. The second-order valence-corrected chi connectivity index (χ2v) is 6.51. The van der Waals surface area contributed by atoms with Crippen LogP contribution in [0, 0.1) is 0 Å². The molecule has 27 heavy (non-hydrogen) atoms. The van der Waals surface area contributed by atoms with Gasteiger partial charge in [0.25, 0.3) is 0 Å². The van der Waals surface area contributed by atoms with Gasteiger partial charge in [0.2, 0.25) is 11.8 Å². The number of aliphatic imine (C=N–C) groups is 2. The number of aromatic amines is 1. The third kappa shape index (κ3) is 3.10. The number of rotatable bonds is 4. The van der Waals surface area contributed by atoms with Crippen LogP contribution in [-0.2, 0) is 9.47 Å². The Balaban J connectivity index is 1.35. The molecule has 0 unspecified atom stereocenters. The van der Waals surface area contributed by atoms with Crippen molar-refractivity contribution in [3.8, 4) is 0 Å².